The van der Waals surface area contributed by atoms with Crippen LogP contribution in [0, 0.1) is 0 Å². The molecule has 0 spiro atoms. The number of aromatic hydroxyl groups is 1. The Morgan fingerprint density at radius 1 is 0.890 bits per heavy atom. The van der Waals surface area contributed by atoms with Gasteiger partial charge in [-0.1, -0.05) is 66.7 Å². The van der Waals surface area contributed by atoms with Gasteiger partial charge in [0, 0.05) is 88.4 Å². The summed E-state index contributed by atoms with van der Waals surface area (Å²) in [5, 5.41) is 24.7. The average Bonchev–Trinajstić information content (AvgIpc) is 3.77. The number of morpholine rings is 1. The van der Waals surface area contributed by atoms with Crippen LogP contribution in [0.2, 0.25) is 0 Å². The highest BCUT2D eigenvalue weighted by atomic mass is 16.7. The van der Waals surface area contributed by atoms with Gasteiger partial charge < -0.3 is 57.9 Å². The lowest BCUT2D eigenvalue weighted by atomic mass is 9.70. The topological polar surface area (TPSA) is 226 Å². The number of hydrogen-bond donors (Lipinski definition) is 2. The van der Waals surface area contributed by atoms with Crippen molar-refractivity contribution in [3.8, 4) is 22.6 Å². The molecule has 8 atom stereocenters. The summed E-state index contributed by atoms with van der Waals surface area (Å²) in [6.07, 6.45) is -6.85. The summed E-state index contributed by atoms with van der Waals surface area (Å²) < 4.78 is 47.4. The Labute approximate surface area is 421 Å². The maximum absolute atomic E-state index is 14.4. The molecule has 3 aliphatic heterocycles. The number of fused-ring (bicyclic) bond motifs is 6. The number of carbonyl (C=O) groups is 6. The van der Waals surface area contributed by atoms with Crippen LogP contribution in [0.4, 0.5) is 9.59 Å². The molecule has 386 valence electrons. The lowest BCUT2D eigenvalue weighted by Crippen LogP contribution is -2.55. The van der Waals surface area contributed by atoms with Crippen LogP contribution in [0.5, 0.6) is 11.5 Å². The minimum atomic E-state index is -2.42. The largest absolute Gasteiger partial charge is 0.507 e. The highest BCUT2D eigenvalue weighted by Gasteiger charge is 2.55. The zero-order valence-electron chi connectivity index (χ0n) is 41.7. The van der Waals surface area contributed by atoms with Crippen LogP contribution in [-0.2, 0) is 50.0 Å². The molecule has 73 heavy (non-hydrogen) atoms. The number of methoxy groups -OCH3 is 2. The van der Waals surface area contributed by atoms with Gasteiger partial charge in [-0.15, -0.1) is 0 Å². The van der Waals surface area contributed by atoms with Gasteiger partial charge in [-0.05, 0) is 49.1 Å². The molecule has 3 saturated heterocycles. The molecule has 0 bridgehead atoms. The Balaban J connectivity index is 0.917. The maximum Gasteiger partial charge on any atom is 0.410 e. The van der Waals surface area contributed by atoms with Crippen LogP contribution in [0.25, 0.3) is 11.1 Å². The molecule has 3 fully saturated rings. The molecule has 3 heterocycles. The molecular weight excluding hydrogens is 947 g/mol. The predicted molar refractivity (Wildman–Crippen MR) is 258 cm³/mol. The number of hydrogen-bond acceptors (Lipinski definition) is 17. The van der Waals surface area contributed by atoms with E-state index in [0.29, 0.717) is 19.4 Å². The monoisotopic (exact) mass is 1010 g/mol. The Bertz CT molecular complexity index is 2820. The van der Waals surface area contributed by atoms with Gasteiger partial charge in [-0.2, -0.15) is 0 Å². The molecule has 19 heteroatoms. The number of rotatable bonds is 14. The number of ketones is 3. The van der Waals surface area contributed by atoms with Gasteiger partial charge in [0.15, 0.2) is 37.5 Å². The van der Waals surface area contributed by atoms with Crippen LogP contribution in [0.1, 0.15) is 98.6 Å². The van der Waals surface area contributed by atoms with Gasteiger partial charge in [0.2, 0.25) is 11.6 Å². The number of nitrogens with zero attached hydrogens (tertiary/aromatic N) is 3. The highest BCUT2D eigenvalue weighted by Crippen LogP contribution is 2.51. The fraction of sp³-hybridized carbons (Fsp3) is 0.444. The van der Waals surface area contributed by atoms with Gasteiger partial charge in [-0.25, -0.2) is 9.59 Å². The fourth-order valence-corrected chi connectivity index (χ4v) is 10.6. The smallest absolute Gasteiger partial charge is 0.410 e. The van der Waals surface area contributed by atoms with Crippen LogP contribution >= 0.6 is 0 Å². The maximum atomic E-state index is 14.4. The highest BCUT2D eigenvalue weighted by molar-refractivity contribution is 6.32. The number of phenolic OH excluding ortho intramolecular Hbond substituents is 1. The quantitative estimate of drug-likeness (QED) is 0.130. The van der Waals surface area contributed by atoms with Gasteiger partial charge in [0.25, 0.3) is 0 Å². The molecule has 8 unspecified atom stereocenters. The molecule has 0 radical (unpaired) electrons. The van der Waals surface area contributed by atoms with Crippen molar-refractivity contribution in [1.82, 2.24) is 14.7 Å². The summed E-state index contributed by atoms with van der Waals surface area (Å²) in [5.74, 6) is -3.13. The standard InChI is InChI=1S/C54H59N3O16/c1-29-48-36(57-22-23-68-50(67-7)49(57)72-48)24-40(70-29)71-38-26-54(65,25-34-35(27-58)43-44(47(62)42(34)38)46(61)41-33(45(43)60)14-11-15-37(41)66-6)39(59)28-69-51(63)55(4)20-21-56(5)52(64)73-53(2,3)32-18-16-31(17-19-32)30-12-9-8-10-13-30/h8-19,27,29,36,38,40,48-50,62,65H,20-26,28H2,1-7H3. The number of ether oxygens (including phenoxy) is 8. The number of amides is 2. The van der Waals surface area contributed by atoms with Crippen LogP contribution in [0.15, 0.2) is 72.8 Å². The van der Waals surface area contributed by atoms with Gasteiger partial charge in [0.05, 0.1) is 37.1 Å². The Morgan fingerprint density at radius 3 is 2.27 bits per heavy atom. The van der Waals surface area contributed by atoms with Crippen molar-refractivity contribution in [2.75, 3.05) is 61.2 Å². The SMILES string of the molecule is COc1cccc2c1C(=O)c1c(O)c3c(c(C=O)c1C2=O)CC(O)(C(=O)COC(=O)N(C)CCN(C)C(=O)OC(C)(C)c1ccc(-c2ccccc2)cc1)CC3OC1CC2C(OC3C(OC)OCCN23)C(C)O1. The van der Waals surface area contributed by atoms with Crippen molar-refractivity contribution in [2.24, 2.45) is 0 Å². The van der Waals surface area contributed by atoms with Crippen molar-refractivity contribution < 1.29 is 76.9 Å². The molecule has 2 aliphatic carbocycles. The first-order chi connectivity index (χ1) is 34.9. The minimum Gasteiger partial charge on any atom is -0.507 e. The summed E-state index contributed by atoms with van der Waals surface area (Å²) in [5.41, 5.74) is -2.15. The molecule has 4 aromatic rings. The van der Waals surface area contributed by atoms with E-state index >= 15 is 0 Å². The molecule has 5 aliphatic rings. The second kappa shape index (κ2) is 20.4. The molecule has 9 rings (SSSR count). The van der Waals surface area contributed by atoms with E-state index in [1.54, 1.807) is 20.8 Å². The van der Waals surface area contributed by atoms with E-state index in [2.05, 4.69) is 4.90 Å². The summed E-state index contributed by atoms with van der Waals surface area (Å²) in [4.78, 5) is 87.4. The van der Waals surface area contributed by atoms with Crippen molar-refractivity contribution in [2.45, 2.75) is 94.4 Å². The van der Waals surface area contributed by atoms with Crippen molar-refractivity contribution in [3.05, 3.63) is 117 Å². The summed E-state index contributed by atoms with van der Waals surface area (Å²) in [6, 6.07) is 21.7. The molecule has 0 aromatic heterocycles. The number of aldehydes is 1. The average molecular weight is 1010 g/mol. The lowest BCUT2D eigenvalue weighted by Gasteiger charge is -2.43. The van der Waals surface area contributed by atoms with E-state index in [1.165, 1.54) is 51.4 Å². The molecule has 19 nitrogen and oxygen atoms in total. The molecule has 4 aromatic carbocycles. The first kappa shape index (κ1) is 51.3. The summed E-state index contributed by atoms with van der Waals surface area (Å²) in [7, 11) is 5.78. The Kier molecular flexibility index (Phi) is 14.3. The van der Waals surface area contributed by atoms with Crippen molar-refractivity contribution in [3.63, 3.8) is 0 Å². The number of aliphatic hydroxyl groups is 1. The number of benzene rings is 4. The van der Waals surface area contributed by atoms with E-state index in [1.807, 2.05) is 54.6 Å². The second-order valence-corrected chi connectivity index (χ2v) is 19.5. The molecule has 2 N–H and O–H groups in total. The van der Waals surface area contributed by atoms with Crippen molar-refractivity contribution >= 4 is 35.8 Å². The van der Waals surface area contributed by atoms with E-state index in [4.69, 9.17) is 37.9 Å². The Morgan fingerprint density at radius 2 is 1.59 bits per heavy atom. The van der Waals surface area contributed by atoms with E-state index in [-0.39, 0.29) is 59.1 Å². The lowest BCUT2D eigenvalue weighted by molar-refractivity contribution is -0.256. The third-order valence-corrected chi connectivity index (χ3v) is 14.6. The molecular formula is C54H59N3O16. The molecule has 2 amide bonds. The van der Waals surface area contributed by atoms with E-state index in [9.17, 15) is 39.0 Å². The van der Waals surface area contributed by atoms with Gasteiger partial charge >= 0.3 is 12.2 Å². The number of likely N-dealkylation sites (N-methyl/N-ethyl adjacent to an activating group) is 2. The fourth-order valence-electron chi connectivity index (χ4n) is 10.6. The third-order valence-electron chi connectivity index (χ3n) is 14.6. The first-order valence-electron chi connectivity index (χ1n) is 24.1. The third kappa shape index (κ3) is 9.50. The van der Waals surface area contributed by atoms with Crippen LogP contribution in [0.3, 0.4) is 0 Å². The number of carbonyl (C=O) groups excluding carboxylic acids is 6. The minimum absolute atomic E-state index is 0.0245. The normalized spacial score (nSPS) is 25.3. The zero-order valence-corrected chi connectivity index (χ0v) is 41.7. The number of Topliss-reactive ketones (excluding diaryl/α,β-unsaturated/α-hetero) is 1. The zero-order chi connectivity index (χ0) is 52.1. The summed E-state index contributed by atoms with van der Waals surface area (Å²) in [6.45, 7) is 5.30. The second-order valence-electron chi connectivity index (χ2n) is 19.5. The summed E-state index contributed by atoms with van der Waals surface area (Å²) >= 11 is 0. The molecule has 0 saturated carbocycles. The first-order valence-corrected chi connectivity index (χ1v) is 24.1. The predicted octanol–water partition coefficient (Wildman–Crippen LogP) is 5.57. The van der Waals surface area contributed by atoms with E-state index in [0.717, 1.165) is 21.6 Å². The van der Waals surface area contributed by atoms with Crippen LogP contribution < -0.4 is 4.74 Å². The van der Waals surface area contributed by atoms with Gasteiger partial charge in [-0.3, -0.25) is 24.1 Å². The van der Waals surface area contributed by atoms with Crippen molar-refractivity contribution in [1.29, 1.82) is 0 Å². The van der Waals surface area contributed by atoms with Crippen LogP contribution in [-0.4, -0.2) is 165 Å². The van der Waals surface area contributed by atoms with Gasteiger partial charge in [0.1, 0.15) is 28.8 Å². The Hall–Kier alpha value is -6.58. The van der Waals surface area contributed by atoms with E-state index < -0.39 is 114 Å². The number of phenols is 1.